The monoisotopic (exact) mass is 187 g/mol. The van der Waals surface area contributed by atoms with Gasteiger partial charge in [-0.1, -0.05) is 12.8 Å². The second-order valence-corrected chi connectivity index (χ2v) is 9.48. The van der Waals surface area contributed by atoms with Gasteiger partial charge in [0.2, 0.25) is 0 Å². The van der Waals surface area contributed by atoms with E-state index in [2.05, 4.69) is 19.6 Å². The molecule has 0 aliphatic heterocycles. The predicted molar refractivity (Wildman–Crippen MR) is 54.7 cm³/mol. The van der Waals surface area contributed by atoms with Gasteiger partial charge in [-0.05, 0) is 32.5 Å². The molecule has 3 heteroatoms. The summed E-state index contributed by atoms with van der Waals surface area (Å²) in [6, 6.07) is 0. The lowest BCUT2D eigenvalue weighted by Crippen LogP contribution is -2.45. The third kappa shape index (κ3) is 3.25. The molecule has 1 aliphatic rings. The minimum Gasteiger partial charge on any atom is -0.416 e. The van der Waals surface area contributed by atoms with Crippen LogP contribution in [-0.4, -0.2) is 20.5 Å². The predicted octanol–water partition coefficient (Wildman–Crippen LogP) is 2.11. The molecule has 2 nitrogen and oxygen atoms in total. The molecular formula is C9H21NOSi. The smallest absolute Gasteiger partial charge is 0.183 e. The zero-order valence-electron chi connectivity index (χ0n) is 8.52. The van der Waals surface area contributed by atoms with Crippen LogP contribution in [0.3, 0.4) is 0 Å². The Hall–Kier alpha value is 0.137. The van der Waals surface area contributed by atoms with Gasteiger partial charge in [0, 0.05) is 5.54 Å². The molecule has 0 unspecified atom stereocenters. The Bertz CT molecular complexity index is 147. The first-order valence-electron chi connectivity index (χ1n) is 4.84. The van der Waals surface area contributed by atoms with Crippen molar-refractivity contribution in [3.63, 3.8) is 0 Å². The molecule has 72 valence electrons. The van der Waals surface area contributed by atoms with Gasteiger partial charge in [-0.25, -0.2) is 0 Å². The van der Waals surface area contributed by atoms with Crippen LogP contribution in [-0.2, 0) is 4.43 Å². The summed E-state index contributed by atoms with van der Waals surface area (Å²) in [5, 5.41) is 0. The highest BCUT2D eigenvalue weighted by Crippen LogP contribution is 2.28. The minimum atomic E-state index is -1.35. The van der Waals surface area contributed by atoms with E-state index in [0.717, 1.165) is 19.4 Å². The molecule has 1 fully saturated rings. The van der Waals surface area contributed by atoms with Crippen molar-refractivity contribution in [2.75, 3.05) is 6.61 Å². The van der Waals surface area contributed by atoms with Gasteiger partial charge in [-0.3, -0.25) is 0 Å². The van der Waals surface area contributed by atoms with Crippen LogP contribution in [0.5, 0.6) is 0 Å². The molecule has 12 heavy (non-hydrogen) atoms. The molecule has 0 amide bonds. The van der Waals surface area contributed by atoms with Crippen molar-refractivity contribution in [3.05, 3.63) is 0 Å². The Morgan fingerprint density at radius 2 is 1.75 bits per heavy atom. The van der Waals surface area contributed by atoms with Gasteiger partial charge in [-0.2, -0.15) is 0 Å². The molecule has 0 bridgehead atoms. The van der Waals surface area contributed by atoms with Crippen molar-refractivity contribution >= 4 is 8.32 Å². The lowest BCUT2D eigenvalue weighted by atomic mass is 10.0. The fourth-order valence-corrected chi connectivity index (χ4v) is 2.30. The van der Waals surface area contributed by atoms with Crippen LogP contribution in [0.1, 0.15) is 25.7 Å². The minimum absolute atomic E-state index is 0.0142. The fraction of sp³-hybridized carbons (Fsp3) is 1.00. The Morgan fingerprint density at radius 3 is 2.17 bits per heavy atom. The maximum atomic E-state index is 6.16. The third-order valence-corrected chi connectivity index (χ3v) is 3.40. The van der Waals surface area contributed by atoms with E-state index in [-0.39, 0.29) is 5.54 Å². The largest absolute Gasteiger partial charge is 0.416 e. The Morgan fingerprint density at radius 1 is 1.25 bits per heavy atom. The average Bonchev–Trinajstić information content (AvgIpc) is 2.32. The number of hydrogen-bond donors (Lipinski definition) is 1. The molecule has 0 aromatic heterocycles. The molecule has 0 aromatic rings. The Balaban J connectivity index is 2.30. The Labute approximate surface area is 76.6 Å². The molecule has 0 heterocycles. The van der Waals surface area contributed by atoms with E-state index >= 15 is 0 Å². The topological polar surface area (TPSA) is 35.2 Å². The standard InChI is InChI=1S/C9H21NOSi/c1-12(2,3)11-8-9(10)6-4-5-7-9/h4-8,10H2,1-3H3. The van der Waals surface area contributed by atoms with E-state index in [1.54, 1.807) is 0 Å². The third-order valence-electron chi connectivity index (χ3n) is 2.39. The van der Waals surface area contributed by atoms with E-state index in [1.165, 1.54) is 12.8 Å². The second kappa shape index (κ2) is 3.48. The van der Waals surface area contributed by atoms with Crippen LogP contribution in [0.4, 0.5) is 0 Å². The number of nitrogens with two attached hydrogens (primary N) is 1. The van der Waals surface area contributed by atoms with Crippen LogP contribution < -0.4 is 5.73 Å². The van der Waals surface area contributed by atoms with E-state index < -0.39 is 8.32 Å². The molecule has 0 spiro atoms. The molecule has 1 aliphatic carbocycles. The first-order chi connectivity index (χ1) is 5.41. The van der Waals surface area contributed by atoms with Gasteiger partial charge < -0.3 is 10.2 Å². The van der Waals surface area contributed by atoms with Gasteiger partial charge in [0.25, 0.3) is 0 Å². The maximum Gasteiger partial charge on any atom is 0.183 e. The molecule has 0 aromatic carbocycles. The lowest BCUT2D eigenvalue weighted by molar-refractivity contribution is 0.214. The summed E-state index contributed by atoms with van der Waals surface area (Å²) in [6.07, 6.45) is 4.87. The quantitative estimate of drug-likeness (QED) is 0.687. The fourth-order valence-electron chi connectivity index (χ4n) is 1.58. The lowest BCUT2D eigenvalue weighted by Gasteiger charge is -2.28. The molecule has 0 atom stereocenters. The highest BCUT2D eigenvalue weighted by atomic mass is 28.4. The zero-order chi connectivity index (χ0) is 9.24. The van der Waals surface area contributed by atoms with E-state index in [4.69, 9.17) is 10.2 Å². The van der Waals surface area contributed by atoms with Crippen molar-refractivity contribution in [1.29, 1.82) is 0 Å². The highest BCUT2D eigenvalue weighted by Gasteiger charge is 2.31. The van der Waals surface area contributed by atoms with E-state index in [0.29, 0.717) is 0 Å². The normalized spacial score (nSPS) is 23.0. The summed E-state index contributed by atoms with van der Waals surface area (Å²) in [5.41, 5.74) is 6.18. The molecule has 1 saturated carbocycles. The maximum absolute atomic E-state index is 6.16. The highest BCUT2D eigenvalue weighted by molar-refractivity contribution is 6.69. The average molecular weight is 187 g/mol. The Kier molecular flexibility index (Phi) is 2.96. The first-order valence-corrected chi connectivity index (χ1v) is 8.25. The molecule has 0 saturated heterocycles. The van der Waals surface area contributed by atoms with Gasteiger partial charge in [0.15, 0.2) is 8.32 Å². The van der Waals surface area contributed by atoms with E-state index in [1.807, 2.05) is 0 Å². The van der Waals surface area contributed by atoms with Gasteiger partial charge >= 0.3 is 0 Å². The summed E-state index contributed by atoms with van der Waals surface area (Å²) in [6.45, 7) is 7.42. The molecular weight excluding hydrogens is 166 g/mol. The molecule has 1 rings (SSSR count). The molecule has 2 N–H and O–H groups in total. The van der Waals surface area contributed by atoms with Crippen molar-refractivity contribution in [2.24, 2.45) is 5.73 Å². The van der Waals surface area contributed by atoms with Gasteiger partial charge in [-0.15, -0.1) is 0 Å². The van der Waals surface area contributed by atoms with Crippen LogP contribution in [0.2, 0.25) is 19.6 Å². The first kappa shape index (κ1) is 10.2. The zero-order valence-corrected chi connectivity index (χ0v) is 9.52. The van der Waals surface area contributed by atoms with Crippen LogP contribution >= 0.6 is 0 Å². The number of hydrogen-bond acceptors (Lipinski definition) is 2. The van der Waals surface area contributed by atoms with Crippen LogP contribution in [0, 0.1) is 0 Å². The summed E-state index contributed by atoms with van der Waals surface area (Å²) in [7, 11) is -1.35. The van der Waals surface area contributed by atoms with Gasteiger partial charge in [0.1, 0.15) is 0 Å². The second-order valence-electron chi connectivity index (χ2n) is 4.97. The van der Waals surface area contributed by atoms with Crippen LogP contribution in [0.25, 0.3) is 0 Å². The SMILES string of the molecule is C[Si](C)(C)OCC1(N)CCCC1. The van der Waals surface area contributed by atoms with Crippen LogP contribution in [0.15, 0.2) is 0 Å². The van der Waals surface area contributed by atoms with Crippen molar-refractivity contribution in [3.8, 4) is 0 Å². The van der Waals surface area contributed by atoms with Crippen molar-refractivity contribution in [1.82, 2.24) is 0 Å². The molecule has 0 radical (unpaired) electrons. The van der Waals surface area contributed by atoms with Crippen molar-refractivity contribution < 1.29 is 4.43 Å². The summed E-state index contributed by atoms with van der Waals surface area (Å²) < 4.78 is 5.83. The summed E-state index contributed by atoms with van der Waals surface area (Å²) in [4.78, 5) is 0. The van der Waals surface area contributed by atoms with E-state index in [9.17, 15) is 0 Å². The van der Waals surface area contributed by atoms with Gasteiger partial charge in [0.05, 0.1) is 6.61 Å². The number of rotatable bonds is 3. The van der Waals surface area contributed by atoms with Crippen molar-refractivity contribution in [2.45, 2.75) is 50.9 Å². The summed E-state index contributed by atoms with van der Waals surface area (Å²) >= 11 is 0. The summed E-state index contributed by atoms with van der Waals surface area (Å²) in [5.74, 6) is 0.